The summed E-state index contributed by atoms with van der Waals surface area (Å²) in [6.45, 7) is -1.30. The van der Waals surface area contributed by atoms with Crippen LogP contribution in [0.1, 0.15) is 21.5 Å². The average molecular weight is 370 g/mol. The maximum Gasteiger partial charge on any atom is 0.416 e. The first-order valence-corrected chi connectivity index (χ1v) is 6.38. The number of esters is 1. The van der Waals surface area contributed by atoms with Gasteiger partial charge in [-0.2, -0.15) is 13.2 Å². The predicted molar refractivity (Wildman–Crippen MR) is 66.8 cm³/mol. The quantitative estimate of drug-likeness (QED) is 0.337. The van der Waals surface area contributed by atoms with Crippen molar-refractivity contribution in [1.82, 2.24) is 0 Å². The van der Waals surface area contributed by atoms with Crippen molar-refractivity contribution in [3.05, 3.63) is 70.0 Å². The first-order chi connectivity index (χ1) is 11.5. The summed E-state index contributed by atoms with van der Waals surface area (Å²) in [5.41, 5.74) is -2.84. The topological polar surface area (TPSA) is 26.3 Å². The smallest absolute Gasteiger partial charge is 0.416 e. The molecule has 0 aliphatic rings. The predicted octanol–water partition coefficient (Wildman–Crippen LogP) is 4.76. The number of rotatable bonds is 3. The van der Waals surface area contributed by atoms with E-state index in [-0.39, 0.29) is 0 Å². The number of carbonyl (C=O) groups excluding carboxylic acids is 1. The summed E-state index contributed by atoms with van der Waals surface area (Å²) in [6.07, 6.45) is -4.64. The van der Waals surface area contributed by atoms with Crippen LogP contribution < -0.4 is 0 Å². The van der Waals surface area contributed by atoms with Crippen molar-refractivity contribution >= 4 is 5.97 Å². The lowest BCUT2D eigenvalue weighted by Gasteiger charge is -2.10. The van der Waals surface area contributed by atoms with E-state index < -0.39 is 64.5 Å². The third-order valence-electron chi connectivity index (χ3n) is 3.10. The molecule has 0 saturated heterocycles. The molecule has 0 heterocycles. The van der Waals surface area contributed by atoms with Gasteiger partial charge in [-0.1, -0.05) is 0 Å². The Morgan fingerprint density at radius 3 is 1.68 bits per heavy atom. The van der Waals surface area contributed by atoms with Crippen molar-refractivity contribution in [2.75, 3.05) is 0 Å². The molecule has 0 radical (unpaired) electrons. The lowest BCUT2D eigenvalue weighted by Crippen LogP contribution is -2.12. The van der Waals surface area contributed by atoms with Crippen LogP contribution >= 0.6 is 0 Å². The van der Waals surface area contributed by atoms with Gasteiger partial charge in [0.1, 0.15) is 6.61 Å². The lowest BCUT2D eigenvalue weighted by molar-refractivity contribution is -0.137. The molecular weight excluding hydrogens is 364 g/mol. The van der Waals surface area contributed by atoms with Crippen molar-refractivity contribution in [2.45, 2.75) is 12.8 Å². The van der Waals surface area contributed by atoms with Gasteiger partial charge in [0, 0.05) is 0 Å². The van der Waals surface area contributed by atoms with Crippen molar-refractivity contribution in [1.29, 1.82) is 0 Å². The zero-order valence-corrected chi connectivity index (χ0v) is 11.9. The van der Waals surface area contributed by atoms with Crippen LogP contribution in [0, 0.1) is 29.1 Å². The van der Waals surface area contributed by atoms with E-state index in [0.717, 1.165) is 12.1 Å². The number of benzene rings is 2. The normalized spacial score (nSPS) is 11.5. The van der Waals surface area contributed by atoms with Gasteiger partial charge in [0.05, 0.1) is 16.7 Å². The molecular formula is C15H6F8O2. The third kappa shape index (κ3) is 3.72. The van der Waals surface area contributed by atoms with Gasteiger partial charge in [-0.3, -0.25) is 0 Å². The highest BCUT2D eigenvalue weighted by Crippen LogP contribution is 2.29. The largest absolute Gasteiger partial charge is 0.457 e. The van der Waals surface area contributed by atoms with Gasteiger partial charge in [0.25, 0.3) is 0 Å². The van der Waals surface area contributed by atoms with E-state index in [4.69, 9.17) is 0 Å². The van der Waals surface area contributed by atoms with Crippen LogP contribution in [-0.4, -0.2) is 5.97 Å². The monoisotopic (exact) mass is 370 g/mol. The summed E-state index contributed by atoms with van der Waals surface area (Å²) in [6, 6.07) is 2.61. The van der Waals surface area contributed by atoms with E-state index >= 15 is 0 Å². The number of ether oxygens (including phenoxy) is 1. The summed E-state index contributed by atoms with van der Waals surface area (Å²) < 4.78 is 107. The van der Waals surface area contributed by atoms with Crippen LogP contribution in [0.4, 0.5) is 35.1 Å². The summed E-state index contributed by atoms with van der Waals surface area (Å²) in [5.74, 6) is -12.4. The van der Waals surface area contributed by atoms with E-state index in [1.54, 1.807) is 0 Å². The maximum atomic E-state index is 13.4. The van der Waals surface area contributed by atoms with Crippen LogP contribution in [0.25, 0.3) is 0 Å². The molecule has 2 rings (SSSR count). The zero-order valence-electron chi connectivity index (χ0n) is 11.9. The van der Waals surface area contributed by atoms with Gasteiger partial charge in [0.15, 0.2) is 23.3 Å². The first-order valence-electron chi connectivity index (χ1n) is 6.38. The number of hydrogen-bond donors (Lipinski definition) is 0. The van der Waals surface area contributed by atoms with Crippen molar-refractivity contribution in [2.24, 2.45) is 0 Å². The number of alkyl halides is 3. The molecule has 0 unspecified atom stereocenters. The molecule has 0 aromatic heterocycles. The Labute approximate surface area is 134 Å². The number of hydrogen-bond acceptors (Lipinski definition) is 2. The second-order valence-corrected chi connectivity index (χ2v) is 4.70. The summed E-state index contributed by atoms with van der Waals surface area (Å²) >= 11 is 0. The second kappa shape index (κ2) is 6.69. The Balaban J connectivity index is 2.18. The van der Waals surface area contributed by atoms with Crippen LogP contribution in [-0.2, 0) is 17.5 Å². The standard InChI is InChI=1S/C15H6F8O2/c16-9-8(10(17)12(19)13(20)11(9)18)5-25-14(24)6-1-3-7(4-2-6)15(21,22)23/h1-4H,5H2. The summed E-state index contributed by atoms with van der Waals surface area (Å²) in [4.78, 5) is 11.6. The Hall–Kier alpha value is -2.65. The lowest BCUT2D eigenvalue weighted by atomic mass is 10.1. The molecule has 0 aliphatic heterocycles. The molecule has 25 heavy (non-hydrogen) atoms. The SMILES string of the molecule is O=C(OCc1c(F)c(F)c(F)c(F)c1F)c1ccc(C(F)(F)F)cc1. The fourth-order valence-corrected chi connectivity index (χ4v) is 1.79. The fourth-order valence-electron chi connectivity index (χ4n) is 1.79. The molecule has 2 aromatic rings. The molecule has 0 N–H and O–H groups in total. The third-order valence-corrected chi connectivity index (χ3v) is 3.10. The van der Waals surface area contributed by atoms with Crippen molar-refractivity contribution in [3.8, 4) is 0 Å². The van der Waals surface area contributed by atoms with Crippen LogP contribution in [0.3, 0.4) is 0 Å². The molecule has 0 saturated carbocycles. The van der Waals surface area contributed by atoms with Gasteiger partial charge in [-0.15, -0.1) is 0 Å². The fraction of sp³-hybridized carbons (Fsp3) is 0.133. The van der Waals surface area contributed by atoms with E-state index in [9.17, 15) is 39.9 Å². The van der Waals surface area contributed by atoms with Crippen molar-refractivity contribution < 1.29 is 44.7 Å². The summed E-state index contributed by atoms with van der Waals surface area (Å²) in [7, 11) is 0. The molecule has 10 heteroatoms. The minimum absolute atomic E-state index is 0.406. The molecule has 0 fully saturated rings. The van der Waals surface area contributed by atoms with E-state index in [2.05, 4.69) is 4.74 Å². The van der Waals surface area contributed by atoms with Gasteiger partial charge in [-0.05, 0) is 24.3 Å². The molecule has 0 aliphatic carbocycles. The molecule has 0 bridgehead atoms. The van der Waals surface area contributed by atoms with E-state index in [0.29, 0.717) is 12.1 Å². The van der Waals surface area contributed by atoms with Crippen LogP contribution in [0.2, 0.25) is 0 Å². The van der Waals surface area contributed by atoms with E-state index in [1.165, 1.54) is 0 Å². The Kier molecular flexibility index (Phi) is 5.00. The molecule has 2 nitrogen and oxygen atoms in total. The average Bonchev–Trinajstić information content (AvgIpc) is 2.57. The Morgan fingerprint density at radius 1 is 0.800 bits per heavy atom. The molecule has 0 spiro atoms. The number of halogens is 8. The van der Waals surface area contributed by atoms with Gasteiger partial charge >= 0.3 is 12.1 Å². The Morgan fingerprint density at radius 2 is 1.24 bits per heavy atom. The van der Waals surface area contributed by atoms with Gasteiger partial charge < -0.3 is 4.74 Å². The van der Waals surface area contributed by atoms with Crippen LogP contribution in [0.5, 0.6) is 0 Å². The Bertz CT molecular complexity index is 783. The second-order valence-electron chi connectivity index (χ2n) is 4.70. The van der Waals surface area contributed by atoms with Crippen LogP contribution in [0.15, 0.2) is 24.3 Å². The minimum atomic E-state index is -4.64. The highest BCUT2D eigenvalue weighted by molar-refractivity contribution is 5.89. The van der Waals surface area contributed by atoms with Gasteiger partial charge in [-0.25, -0.2) is 26.7 Å². The zero-order chi connectivity index (χ0) is 18.9. The first kappa shape index (κ1) is 18.7. The molecule has 134 valence electrons. The maximum absolute atomic E-state index is 13.4. The number of carbonyl (C=O) groups is 1. The molecule has 2 aromatic carbocycles. The molecule has 0 atom stereocenters. The van der Waals surface area contributed by atoms with Crippen molar-refractivity contribution in [3.63, 3.8) is 0 Å². The minimum Gasteiger partial charge on any atom is -0.457 e. The highest BCUT2D eigenvalue weighted by atomic mass is 19.4. The molecule has 0 amide bonds. The summed E-state index contributed by atoms with van der Waals surface area (Å²) in [5, 5.41) is 0. The van der Waals surface area contributed by atoms with E-state index in [1.807, 2.05) is 0 Å². The van der Waals surface area contributed by atoms with Gasteiger partial charge in [0.2, 0.25) is 5.82 Å². The highest BCUT2D eigenvalue weighted by Gasteiger charge is 2.30.